The van der Waals surface area contributed by atoms with Gasteiger partial charge in [0, 0.05) is 5.41 Å². The van der Waals surface area contributed by atoms with Gasteiger partial charge < -0.3 is 4.84 Å². The molecule has 0 saturated carbocycles. The van der Waals surface area contributed by atoms with E-state index in [0.29, 0.717) is 0 Å². The van der Waals surface area contributed by atoms with Gasteiger partial charge in [-0.1, -0.05) is 20.8 Å². The molecule has 0 unspecified atom stereocenters. The second-order valence-electron chi connectivity index (χ2n) is 4.58. The molecule has 1 amide bonds. The van der Waals surface area contributed by atoms with E-state index in [-0.39, 0.29) is 5.56 Å². The maximum absolute atomic E-state index is 12.6. The third kappa shape index (κ3) is 3.86. The highest BCUT2D eigenvalue weighted by molar-refractivity contribution is 5.90. The third-order valence-electron chi connectivity index (χ3n) is 2.00. The fraction of sp³-hybridized carbons (Fsp3) is 0.333. The van der Waals surface area contributed by atoms with E-state index in [4.69, 9.17) is 0 Å². The highest BCUT2D eigenvalue weighted by Crippen LogP contribution is 2.12. The Hall–Kier alpha value is -1.91. The molecule has 92 valence electrons. The average molecular weight is 239 g/mol. The Morgan fingerprint density at radius 3 is 2.18 bits per heavy atom. The van der Waals surface area contributed by atoms with Crippen molar-refractivity contribution in [3.05, 3.63) is 35.6 Å². The van der Waals surface area contributed by atoms with Crippen molar-refractivity contribution in [3.8, 4) is 0 Å². The van der Waals surface area contributed by atoms with E-state index in [2.05, 4.69) is 10.3 Å². The summed E-state index contributed by atoms with van der Waals surface area (Å²) in [7, 11) is 0. The summed E-state index contributed by atoms with van der Waals surface area (Å²) >= 11 is 0. The molecule has 17 heavy (non-hydrogen) atoms. The Morgan fingerprint density at radius 2 is 1.71 bits per heavy atom. The molecule has 0 fully saturated rings. The van der Waals surface area contributed by atoms with Crippen molar-refractivity contribution in [2.75, 3.05) is 0 Å². The minimum absolute atomic E-state index is 0.167. The lowest BCUT2D eigenvalue weighted by Gasteiger charge is -2.16. The van der Waals surface area contributed by atoms with Crippen molar-refractivity contribution in [3.63, 3.8) is 0 Å². The first-order valence-electron chi connectivity index (χ1n) is 5.08. The first-order chi connectivity index (χ1) is 7.80. The molecule has 0 aliphatic rings. The number of hydrogen-bond acceptors (Lipinski definition) is 3. The van der Waals surface area contributed by atoms with Crippen LogP contribution in [0.4, 0.5) is 4.39 Å². The van der Waals surface area contributed by atoms with E-state index in [1.165, 1.54) is 12.1 Å². The predicted octanol–water partition coefficient (Wildman–Crippen LogP) is 2.06. The van der Waals surface area contributed by atoms with Gasteiger partial charge in [0.15, 0.2) is 0 Å². The van der Waals surface area contributed by atoms with Gasteiger partial charge in [-0.05, 0) is 24.3 Å². The number of carbonyl (C=O) groups is 2. The molecule has 1 N–H and O–H groups in total. The smallest absolute Gasteiger partial charge is 0.335 e. The van der Waals surface area contributed by atoms with Crippen LogP contribution in [0.15, 0.2) is 24.3 Å². The maximum Gasteiger partial charge on any atom is 0.362 e. The molecule has 4 nitrogen and oxygen atoms in total. The lowest BCUT2D eigenvalue weighted by molar-refractivity contribution is -0.137. The van der Waals surface area contributed by atoms with Crippen LogP contribution in [0.25, 0.3) is 0 Å². The Morgan fingerprint density at radius 1 is 1.18 bits per heavy atom. The van der Waals surface area contributed by atoms with Crippen molar-refractivity contribution >= 4 is 11.9 Å². The van der Waals surface area contributed by atoms with Crippen LogP contribution in [0.2, 0.25) is 0 Å². The molecule has 1 aromatic rings. The Kier molecular flexibility index (Phi) is 3.83. The Balaban J connectivity index is 2.56. The zero-order chi connectivity index (χ0) is 13.1. The molecule has 1 rings (SSSR count). The normalized spacial score (nSPS) is 10.8. The molecule has 0 aliphatic carbocycles. The fourth-order valence-corrected chi connectivity index (χ4v) is 0.891. The fourth-order valence-electron chi connectivity index (χ4n) is 0.891. The van der Waals surface area contributed by atoms with Crippen LogP contribution >= 0.6 is 0 Å². The van der Waals surface area contributed by atoms with E-state index in [9.17, 15) is 14.0 Å². The second kappa shape index (κ2) is 4.95. The molecule has 0 radical (unpaired) electrons. The summed E-state index contributed by atoms with van der Waals surface area (Å²) in [5, 5.41) is 0. The number of carbonyl (C=O) groups excluding carboxylic acids is 2. The van der Waals surface area contributed by atoms with Crippen molar-refractivity contribution in [2.24, 2.45) is 5.41 Å². The van der Waals surface area contributed by atoms with Crippen LogP contribution in [0, 0.1) is 11.2 Å². The van der Waals surface area contributed by atoms with Gasteiger partial charge in [0.2, 0.25) is 0 Å². The van der Waals surface area contributed by atoms with E-state index in [1.807, 2.05) is 0 Å². The van der Waals surface area contributed by atoms with Crippen molar-refractivity contribution < 1.29 is 18.8 Å². The van der Waals surface area contributed by atoms with Crippen LogP contribution in [0.1, 0.15) is 31.1 Å². The zero-order valence-corrected chi connectivity index (χ0v) is 9.91. The highest BCUT2D eigenvalue weighted by Gasteiger charge is 2.22. The number of rotatable bonds is 1. The SMILES string of the molecule is CC(C)(C)C(=O)NOC(=O)c1ccc(F)cc1. The monoisotopic (exact) mass is 239 g/mol. The number of amides is 1. The summed E-state index contributed by atoms with van der Waals surface area (Å²) in [4.78, 5) is 27.4. The molecule has 1 aromatic carbocycles. The van der Waals surface area contributed by atoms with Crippen LogP contribution in [-0.2, 0) is 9.63 Å². The van der Waals surface area contributed by atoms with E-state index >= 15 is 0 Å². The van der Waals surface area contributed by atoms with Gasteiger partial charge in [-0.25, -0.2) is 9.18 Å². The van der Waals surface area contributed by atoms with Crippen molar-refractivity contribution in [2.45, 2.75) is 20.8 Å². The van der Waals surface area contributed by atoms with Crippen molar-refractivity contribution in [1.82, 2.24) is 5.48 Å². The van der Waals surface area contributed by atoms with Gasteiger partial charge in [-0.15, -0.1) is 0 Å². The van der Waals surface area contributed by atoms with Crippen molar-refractivity contribution in [1.29, 1.82) is 0 Å². The molecule has 0 atom stereocenters. The summed E-state index contributed by atoms with van der Waals surface area (Å²) in [5.74, 6) is -1.59. The average Bonchev–Trinajstić information content (AvgIpc) is 2.25. The van der Waals surface area contributed by atoms with E-state index < -0.39 is 23.1 Å². The molecular formula is C12H14FNO3. The van der Waals surface area contributed by atoms with Crippen LogP contribution < -0.4 is 5.48 Å². The van der Waals surface area contributed by atoms with Crippen LogP contribution in [0.5, 0.6) is 0 Å². The zero-order valence-electron chi connectivity index (χ0n) is 9.91. The second-order valence-corrected chi connectivity index (χ2v) is 4.58. The summed E-state index contributed by atoms with van der Waals surface area (Å²) in [6, 6.07) is 4.84. The lowest BCUT2D eigenvalue weighted by atomic mass is 9.96. The largest absolute Gasteiger partial charge is 0.362 e. The van der Waals surface area contributed by atoms with Gasteiger partial charge in [0.05, 0.1) is 5.56 Å². The lowest BCUT2D eigenvalue weighted by Crippen LogP contribution is -2.36. The molecule has 5 heteroatoms. The number of halogens is 1. The van der Waals surface area contributed by atoms with E-state index in [0.717, 1.165) is 12.1 Å². The molecule has 0 spiro atoms. The summed E-state index contributed by atoms with van der Waals surface area (Å²) in [5.41, 5.74) is 1.57. The van der Waals surface area contributed by atoms with Gasteiger partial charge in [-0.3, -0.25) is 4.79 Å². The summed E-state index contributed by atoms with van der Waals surface area (Å²) in [6.07, 6.45) is 0. The molecule has 0 heterocycles. The number of benzene rings is 1. The Bertz CT molecular complexity index is 420. The summed E-state index contributed by atoms with van der Waals surface area (Å²) in [6.45, 7) is 5.07. The standard InChI is InChI=1S/C12H14FNO3/c1-12(2,3)11(16)14-17-10(15)8-4-6-9(13)7-5-8/h4-7H,1-3H3,(H,14,16). The predicted molar refractivity (Wildman–Crippen MR) is 59.4 cm³/mol. The number of nitrogens with one attached hydrogen (secondary N) is 1. The first-order valence-corrected chi connectivity index (χ1v) is 5.08. The molecule has 0 saturated heterocycles. The van der Waals surface area contributed by atoms with Crippen LogP contribution in [0.3, 0.4) is 0 Å². The highest BCUT2D eigenvalue weighted by atomic mass is 19.1. The van der Waals surface area contributed by atoms with E-state index in [1.54, 1.807) is 20.8 Å². The first kappa shape index (κ1) is 13.2. The topological polar surface area (TPSA) is 55.4 Å². The molecule has 0 aliphatic heterocycles. The van der Waals surface area contributed by atoms with Crippen LogP contribution in [-0.4, -0.2) is 11.9 Å². The third-order valence-corrected chi connectivity index (χ3v) is 2.00. The minimum Gasteiger partial charge on any atom is -0.335 e. The van der Waals surface area contributed by atoms with Gasteiger partial charge in [0.25, 0.3) is 5.91 Å². The Labute approximate surface area is 98.7 Å². The maximum atomic E-state index is 12.6. The molecule has 0 aromatic heterocycles. The van der Waals surface area contributed by atoms with Gasteiger partial charge >= 0.3 is 5.97 Å². The molecular weight excluding hydrogens is 225 g/mol. The summed E-state index contributed by atoms with van der Waals surface area (Å²) < 4.78 is 12.6. The van der Waals surface area contributed by atoms with Gasteiger partial charge in [-0.2, -0.15) is 5.48 Å². The number of hydrogen-bond donors (Lipinski definition) is 1. The minimum atomic E-state index is -0.734. The number of hydroxylamine groups is 1. The van der Waals surface area contributed by atoms with Gasteiger partial charge in [0.1, 0.15) is 5.82 Å². The molecule has 0 bridgehead atoms. The quantitative estimate of drug-likeness (QED) is 0.763.